The van der Waals surface area contributed by atoms with Crippen molar-refractivity contribution < 1.29 is 27.6 Å². The monoisotopic (exact) mass is 341 g/mol. The van der Waals surface area contributed by atoms with Gasteiger partial charge in [0.1, 0.15) is 11.4 Å². The highest BCUT2D eigenvalue weighted by atomic mass is 19.4. The standard InChI is InChI=1S/C15H12F3N2O4/c1-23-8-24-14-7-10(15(16,17)18)3-4-11(14)9-2-5-13(20(21)22)12(19)6-9/h2-4,6-7H,8,19H2,1H3. The molecule has 0 heterocycles. The maximum Gasteiger partial charge on any atom is 0.416 e. The number of halogens is 3. The van der Waals surface area contributed by atoms with Crippen molar-refractivity contribution in [3.63, 3.8) is 0 Å². The lowest BCUT2D eigenvalue weighted by atomic mass is 10.0. The number of alkyl halides is 3. The maximum atomic E-state index is 12.8. The first-order valence-corrected chi connectivity index (χ1v) is 6.53. The quantitative estimate of drug-likeness (QED) is 0.388. The molecule has 0 aliphatic heterocycles. The average Bonchev–Trinajstić information content (AvgIpc) is 2.51. The SMILES string of the molecule is COCOc1cc(C(F)(F)F)ccc1-c1c[c]c([N+](=O)[O-])c(N)c1. The normalized spacial score (nSPS) is 11.3. The van der Waals surface area contributed by atoms with E-state index in [1.807, 2.05) is 0 Å². The molecule has 0 unspecified atom stereocenters. The summed E-state index contributed by atoms with van der Waals surface area (Å²) in [6, 6.07) is 7.84. The largest absolute Gasteiger partial charge is 0.467 e. The van der Waals surface area contributed by atoms with Gasteiger partial charge in [-0.2, -0.15) is 13.2 Å². The zero-order valence-electron chi connectivity index (χ0n) is 12.4. The third-order valence-electron chi connectivity index (χ3n) is 3.08. The van der Waals surface area contributed by atoms with Gasteiger partial charge >= 0.3 is 6.18 Å². The van der Waals surface area contributed by atoms with Gasteiger partial charge in [0.15, 0.2) is 6.79 Å². The number of nitro benzene ring substituents is 1. The van der Waals surface area contributed by atoms with Crippen LogP contribution in [-0.2, 0) is 10.9 Å². The highest BCUT2D eigenvalue weighted by Gasteiger charge is 2.31. The Morgan fingerprint density at radius 1 is 1.33 bits per heavy atom. The Balaban J connectivity index is 2.52. The molecule has 2 N–H and O–H groups in total. The Bertz CT molecular complexity index is 763. The van der Waals surface area contributed by atoms with Crippen LogP contribution in [0.3, 0.4) is 0 Å². The van der Waals surface area contributed by atoms with E-state index in [9.17, 15) is 23.3 Å². The molecule has 2 aromatic rings. The van der Waals surface area contributed by atoms with Crippen LogP contribution in [0, 0.1) is 16.2 Å². The van der Waals surface area contributed by atoms with Crippen LogP contribution in [0.2, 0.25) is 0 Å². The van der Waals surface area contributed by atoms with Crippen LogP contribution >= 0.6 is 0 Å². The Hall–Kier alpha value is -2.81. The third-order valence-corrected chi connectivity index (χ3v) is 3.08. The highest BCUT2D eigenvalue weighted by molar-refractivity contribution is 5.76. The van der Waals surface area contributed by atoms with Crippen molar-refractivity contribution in [3.05, 3.63) is 52.1 Å². The van der Waals surface area contributed by atoms with Crippen LogP contribution in [-0.4, -0.2) is 18.8 Å². The number of hydrogen-bond donors (Lipinski definition) is 1. The van der Waals surface area contributed by atoms with Crippen molar-refractivity contribution in [2.45, 2.75) is 6.18 Å². The number of methoxy groups -OCH3 is 1. The van der Waals surface area contributed by atoms with Crippen LogP contribution < -0.4 is 10.5 Å². The van der Waals surface area contributed by atoms with Gasteiger partial charge < -0.3 is 15.2 Å². The first-order valence-electron chi connectivity index (χ1n) is 6.53. The maximum absolute atomic E-state index is 12.8. The van der Waals surface area contributed by atoms with E-state index in [-0.39, 0.29) is 23.8 Å². The van der Waals surface area contributed by atoms with Gasteiger partial charge in [-0.1, -0.05) is 6.07 Å². The molecule has 2 aromatic carbocycles. The molecule has 0 spiro atoms. The van der Waals surface area contributed by atoms with Crippen LogP contribution in [0.25, 0.3) is 11.1 Å². The first-order chi connectivity index (χ1) is 11.2. The second-order valence-electron chi connectivity index (χ2n) is 4.71. The van der Waals surface area contributed by atoms with Crippen molar-refractivity contribution in [2.75, 3.05) is 19.6 Å². The van der Waals surface area contributed by atoms with Gasteiger partial charge in [-0.15, -0.1) is 0 Å². The average molecular weight is 341 g/mol. The lowest BCUT2D eigenvalue weighted by Gasteiger charge is -2.14. The number of nitrogens with zero attached hydrogens (tertiary/aromatic N) is 1. The molecule has 127 valence electrons. The van der Waals surface area contributed by atoms with Crippen molar-refractivity contribution >= 4 is 11.4 Å². The number of nitro groups is 1. The molecule has 0 bridgehead atoms. The minimum atomic E-state index is -4.54. The Morgan fingerprint density at radius 3 is 2.58 bits per heavy atom. The number of nitrogen functional groups attached to an aromatic ring is 1. The van der Waals surface area contributed by atoms with E-state index in [2.05, 4.69) is 6.07 Å². The lowest BCUT2D eigenvalue weighted by Crippen LogP contribution is -2.07. The predicted molar refractivity (Wildman–Crippen MR) is 79.3 cm³/mol. The van der Waals surface area contributed by atoms with Crippen molar-refractivity contribution in [1.82, 2.24) is 0 Å². The van der Waals surface area contributed by atoms with Crippen molar-refractivity contribution in [1.29, 1.82) is 0 Å². The molecule has 0 aromatic heterocycles. The molecular weight excluding hydrogens is 329 g/mol. The van der Waals surface area contributed by atoms with Crippen LogP contribution in [0.5, 0.6) is 5.75 Å². The van der Waals surface area contributed by atoms with E-state index < -0.39 is 22.4 Å². The molecule has 0 saturated heterocycles. The number of anilines is 1. The molecule has 0 aliphatic carbocycles. The first kappa shape index (κ1) is 17.5. The summed E-state index contributed by atoms with van der Waals surface area (Å²) in [6.07, 6.45) is -4.54. The number of ether oxygens (including phenoxy) is 2. The molecule has 6 nitrogen and oxygen atoms in total. The molecule has 9 heteroatoms. The number of benzene rings is 2. The summed E-state index contributed by atoms with van der Waals surface area (Å²) in [7, 11) is 1.32. The summed E-state index contributed by atoms with van der Waals surface area (Å²) in [5.74, 6) is -0.0895. The van der Waals surface area contributed by atoms with Crippen LogP contribution in [0.1, 0.15) is 5.56 Å². The molecule has 2 rings (SSSR count). The van der Waals surface area contributed by atoms with Gasteiger partial charge in [-0.05, 0) is 29.8 Å². The predicted octanol–water partition coefficient (Wildman–Crippen LogP) is 3.65. The summed E-state index contributed by atoms with van der Waals surface area (Å²) in [5.41, 5.74) is 4.74. The Labute approximate surface area is 134 Å². The molecule has 0 amide bonds. The fourth-order valence-electron chi connectivity index (χ4n) is 2.00. The second-order valence-corrected chi connectivity index (χ2v) is 4.71. The molecular formula is C15H12F3N2O4. The number of rotatable bonds is 5. The smallest absolute Gasteiger partial charge is 0.416 e. The molecule has 0 atom stereocenters. The van der Waals surface area contributed by atoms with E-state index in [1.54, 1.807) is 0 Å². The zero-order valence-corrected chi connectivity index (χ0v) is 12.4. The molecule has 1 radical (unpaired) electrons. The second kappa shape index (κ2) is 6.75. The zero-order chi connectivity index (χ0) is 17.9. The molecule has 24 heavy (non-hydrogen) atoms. The van der Waals surface area contributed by atoms with Crippen LogP contribution in [0.15, 0.2) is 30.3 Å². The van der Waals surface area contributed by atoms with E-state index in [1.165, 1.54) is 25.3 Å². The van der Waals surface area contributed by atoms with Crippen molar-refractivity contribution in [2.24, 2.45) is 0 Å². The van der Waals surface area contributed by atoms with E-state index in [0.29, 0.717) is 5.56 Å². The van der Waals surface area contributed by atoms with E-state index in [4.69, 9.17) is 15.2 Å². The molecule has 0 fully saturated rings. The van der Waals surface area contributed by atoms with Crippen molar-refractivity contribution in [3.8, 4) is 16.9 Å². The minimum absolute atomic E-state index is 0.0895. The van der Waals surface area contributed by atoms with Gasteiger partial charge in [-0.3, -0.25) is 10.1 Å². The van der Waals surface area contributed by atoms with Crippen LogP contribution in [0.4, 0.5) is 24.5 Å². The van der Waals surface area contributed by atoms with Gasteiger partial charge in [0.2, 0.25) is 0 Å². The number of nitrogens with two attached hydrogens (primary N) is 1. The highest BCUT2D eigenvalue weighted by Crippen LogP contribution is 2.38. The Morgan fingerprint density at radius 2 is 2.04 bits per heavy atom. The van der Waals surface area contributed by atoms with E-state index in [0.717, 1.165) is 12.1 Å². The minimum Gasteiger partial charge on any atom is -0.467 e. The summed E-state index contributed by atoms with van der Waals surface area (Å²) in [4.78, 5) is 10.1. The third kappa shape index (κ3) is 3.74. The molecule has 0 saturated carbocycles. The van der Waals surface area contributed by atoms with Gasteiger partial charge in [0.05, 0.1) is 16.6 Å². The molecule has 0 aliphatic rings. The summed E-state index contributed by atoms with van der Waals surface area (Å²) in [5, 5.41) is 10.8. The van der Waals surface area contributed by atoms with Gasteiger partial charge in [-0.25, -0.2) is 0 Å². The fourth-order valence-corrected chi connectivity index (χ4v) is 2.00. The summed E-state index contributed by atoms with van der Waals surface area (Å²) >= 11 is 0. The summed E-state index contributed by atoms with van der Waals surface area (Å²) in [6.45, 7) is -0.263. The lowest BCUT2D eigenvalue weighted by molar-refractivity contribution is -0.384. The number of hydrogen-bond acceptors (Lipinski definition) is 5. The Kier molecular flexibility index (Phi) is 4.93. The topological polar surface area (TPSA) is 87.6 Å². The van der Waals surface area contributed by atoms with Gasteiger partial charge in [0, 0.05) is 12.7 Å². The summed E-state index contributed by atoms with van der Waals surface area (Å²) < 4.78 is 48.4. The fraction of sp³-hybridized carbons (Fsp3) is 0.200. The van der Waals surface area contributed by atoms with E-state index >= 15 is 0 Å². The van der Waals surface area contributed by atoms with Gasteiger partial charge in [0.25, 0.3) is 5.69 Å².